The fourth-order valence-electron chi connectivity index (χ4n) is 1.84. The molecule has 0 atom stereocenters. The van der Waals surface area contributed by atoms with E-state index in [0.29, 0.717) is 0 Å². The molecule has 0 spiro atoms. The van der Waals surface area contributed by atoms with Crippen LogP contribution in [0.1, 0.15) is 5.56 Å². The largest absolute Gasteiger partial charge is 0.456 e. The summed E-state index contributed by atoms with van der Waals surface area (Å²) in [6, 6.07) is 18.5. The highest BCUT2D eigenvalue weighted by molar-refractivity contribution is 5.82. The van der Waals surface area contributed by atoms with E-state index >= 15 is 0 Å². The molecule has 0 saturated carbocycles. The van der Waals surface area contributed by atoms with E-state index in [9.17, 15) is 0 Å². The third-order valence-corrected chi connectivity index (χ3v) is 2.76. The van der Waals surface area contributed by atoms with Crippen molar-refractivity contribution in [1.29, 1.82) is 0 Å². The van der Waals surface area contributed by atoms with E-state index in [1.165, 1.54) is 5.56 Å². The van der Waals surface area contributed by atoms with Crippen LogP contribution >= 0.6 is 0 Å². The second kappa shape index (κ2) is 3.53. The number of aryl methyl sites for hydroxylation is 1. The molecule has 3 aromatic rings. The Kier molecular flexibility index (Phi) is 2.03. The second-order valence-corrected chi connectivity index (χ2v) is 4.01. The van der Waals surface area contributed by atoms with Gasteiger partial charge in [0.2, 0.25) is 0 Å². The van der Waals surface area contributed by atoms with E-state index in [2.05, 4.69) is 43.3 Å². The molecule has 0 aliphatic carbocycles. The van der Waals surface area contributed by atoms with Gasteiger partial charge in [-0.2, -0.15) is 0 Å². The lowest BCUT2D eigenvalue weighted by molar-refractivity contribution is 0.631. The molecule has 0 N–H and O–H groups in total. The highest BCUT2D eigenvalue weighted by Crippen LogP contribution is 2.27. The summed E-state index contributed by atoms with van der Waals surface area (Å²) >= 11 is 0. The first kappa shape index (κ1) is 9.22. The van der Waals surface area contributed by atoms with E-state index in [-0.39, 0.29) is 0 Å². The minimum atomic E-state index is 0.932. The average molecular weight is 208 g/mol. The van der Waals surface area contributed by atoms with Gasteiger partial charge in [-0.25, -0.2) is 0 Å². The lowest BCUT2D eigenvalue weighted by Gasteiger charge is -1.96. The molecule has 0 bridgehead atoms. The third-order valence-electron chi connectivity index (χ3n) is 2.76. The van der Waals surface area contributed by atoms with Crippen LogP contribution in [-0.4, -0.2) is 0 Å². The van der Waals surface area contributed by atoms with Gasteiger partial charge in [0.15, 0.2) is 0 Å². The topological polar surface area (TPSA) is 13.1 Å². The van der Waals surface area contributed by atoms with Gasteiger partial charge in [-0.05, 0) is 19.1 Å². The maximum Gasteiger partial charge on any atom is 0.135 e. The van der Waals surface area contributed by atoms with Crippen LogP contribution in [-0.2, 0) is 0 Å². The van der Waals surface area contributed by atoms with Crippen LogP contribution in [0.15, 0.2) is 59.0 Å². The molecule has 16 heavy (non-hydrogen) atoms. The van der Waals surface area contributed by atoms with Gasteiger partial charge in [0.25, 0.3) is 0 Å². The molecule has 1 heteroatoms. The zero-order chi connectivity index (χ0) is 11.0. The smallest absolute Gasteiger partial charge is 0.135 e. The first-order valence-electron chi connectivity index (χ1n) is 5.38. The normalized spacial score (nSPS) is 10.8. The minimum absolute atomic E-state index is 0.932. The quantitative estimate of drug-likeness (QED) is 0.577. The molecule has 0 fully saturated rings. The molecule has 0 unspecified atom stereocenters. The van der Waals surface area contributed by atoms with Crippen LogP contribution in [0.4, 0.5) is 0 Å². The number of hydrogen-bond acceptors (Lipinski definition) is 1. The fourth-order valence-corrected chi connectivity index (χ4v) is 1.84. The summed E-state index contributed by atoms with van der Waals surface area (Å²) in [6.45, 7) is 2.09. The van der Waals surface area contributed by atoms with Crippen molar-refractivity contribution in [3.8, 4) is 11.3 Å². The first-order chi connectivity index (χ1) is 7.83. The van der Waals surface area contributed by atoms with Crippen molar-refractivity contribution in [3.63, 3.8) is 0 Å². The standard InChI is InChI=1S/C15H12O/c1-11-6-8-12(9-7-11)15-10-13-4-2-3-5-14(13)16-15/h2-10H,1H3. The summed E-state index contributed by atoms with van der Waals surface area (Å²) in [4.78, 5) is 0. The Morgan fingerprint density at radius 1 is 0.875 bits per heavy atom. The van der Waals surface area contributed by atoms with Gasteiger partial charge < -0.3 is 4.42 Å². The fraction of sp³-hybridized carbons (Fsp3) is 0.0667. The van der Waals surface area contributed by atoms with Crippen molar-refractivity contribution in [3.05, 3.63) is 60.2 Å². The molecule has 2 aromatic carbocycles. The van der Waals surface area contributed by atoms with E-state index in [4.69, 9.17) is 4.42 Å². The Morgan fingerprint density at radius 2 is 1.62 bits per heavy atom. The number of para-hydroxylation sites is 1. The molecule has 0 amide bonds. The van der Waals surface area contributed by atoms with Gasteiger partial charge in [-0.3, -0.25) is 0 Å². The van der Waals surface area contributed by atoms with Gasteiger partial charge in [0.1, 0.15) is 11.3 Å². The van der Waals surface area contributed by atoms with Crippen molar-refractivity contribution in [2.75, 3.05) is 0 Å². The Morgan fingerprint density at radius 3 is 2.38 bits per heavy atom. The summed E-state index contributed by atoms with van der Waals surface area (Å²) in [6.07, 6.45) is 0. The summed E-state index contributed by atoms with van der Waals surface area (Å²) in [5, 5.41) is 1.15. The SMILES string of the molecule is Cc1ccc(-c2cc3ccccc3o2)cc1. The van der Waals surface area contributed by atoms with Gasteiger partial charge in [0.05, 0.1) is 0 Å². The summed E-state index contributed by atoms with van der Waals surface area (Å²) in [7, 11) is 0. The molecule has 78 valence electrons. The van der Waals surface area contributed by atoms with Crippen molar-refractivity contribution in [2.24, 2.45) is 0 Å². The van der Waals surface area contributed by atoms with Crippen molar-refractivity contribution < 1.29 is 4.42 Å². The zero-order valence-electron chi connectivity index (χ0n) is 9.10. The van der Waals surface area contributed by atoms with Gasteiger partial charge in [-0.15, -0.1) is 0 Å². The maximum atomic E-state index is 5.79. The predicted octanol–water partition coefficient (Wildman–Crippen LogP) is 4.41. The maximum absolute atomic E-state index is 5.79. The average Bonchev–Trinajstić information content (AvgIpc) is 2.73. The number of hydrogen-bond donors (Lipinski definition) is 0. The summed E-state index contributed by atoms with van der Waals surface area (Å²) in [5.41, 5.74) is 3.33. The minimum Gasteiger partial charge on any atom is -0.456 e. The number of benzene rings is 2. The van der Waals surface area contributed by atoms with Crippen molar-refractivity contribution >= 4 is 11.0 Å². The van der Waals surface area contributed by atoms with Gasteiger partial charge in [-0.1, -0.05) is 48.0 Å². The lowest BCUT2D eigenvalue weighted by Crippen LogP contribution is -1.74. The van der Waals surface area contributed by atoms with Crippen LogP contribution in [0, 0.1) is 6.92 Å². The second-order valence-electron chi connectivity index (χ2n) is 4.01. The molecule has 0 radical (unpaired) electrons. The van der Waals surface area contributed by atoms with Crippen molar-refractivity contribution in [1.82, 2.24) is 0 Å². The Hall–Kier alpha value is -2.02. The van der Waals surface area contributed by atoms with Crippen LogP contribution in [0.3, 0.4) is 0 Å². The third kappa shape index (κ3) is 1.50. The van der Waals surface area contributed by atoms with E-state index in [1.54, 1.807) is 0 Å². The lowest BCUT2D eigenvalue weighted by atomic mass is 10.1. The molecule has 0 saturated heterocycles. The monoisotopic (exact) mass is 208 g/mol. The molecule has 1 aromatic heterocycles. The molecule has 0 aliphatic heterocycles. The molecular weight excluding hydrogens is 196 g/mol. The molecule has 1 heterocycles. The van der Waals surface area contributed by atoms with Gasteiger partial charge >= 0.3 is 0 Å². The van der Waals surface area contributed by atoms with E-state index in [1.807, 2.05) is 18.2 Å². The molecule has 3 rings (SSSR count). The first-order valence-corrected chi connectivity index (χ1v) is 5.38. The Balaban J connectivity index is 2.15. The van der Waals surface area contributed by atoms with E-state index < -0.39 is 0 Å². The highest BCUT2D eigenvalue weighted by Gasteiger charge is 2.04. The summed E-state index contributed by atoms with van der Waals surface area (Å²) in [5.74, 6) is 0.932. The zero-order valence-corrected chi connectivity index (χ0v) is 9.10. The number of rotatable bonds is 1. The summed E-state index contributed by atoms with van der Waals surface area (Å²) < 4.78 is 5.79. The van der Waals surface area contributed by atoms with Crippen LogP contribution in [0.2, 0.25) is 0 Å². The van der Waals surface area contributed by atoms with Crippen LogP contribution in [0.5, 0.6) is 0 Å². The van der Waals surface area contributed by atoms with Crippen molar-refractivity contribution in [2.45, 2.75) is 6.92 Å². The predicted molar refractivity (Wildman–Crippen MR) is 66.4 cm³/mol. The Labute approximate surface area is 94.3 Å². The Bertz CT molecular complexity index is 584. The number of furan rings is 1. The highest BCUT2D eigenvalue weighted by atomic mass is 16.3. The number of fused-ring (bicyclic) bond motifs is 1. The van der Waals surface area contributed by atoms with E-state index in [0.717, 1.165) is 22.3 Å². The molecular formula is C15H12O. The van der Waals surface area contributed by atoms with Crippen LogP contribution < -0.4 is 0 Å². The molecule has 0 aliphatic rings. The van der Waals surface area contributed by atoms with Crippen LogP contribution in [0.25, 0.3) is 22.3 Å². The van der Waals surface area contributed by atoms with Gasteiger partial charge in [0, 0.05) is 10.9 Å². The molecule has 1 nitrogen and oxygen atoms in total.